The number of nitro groups is 1. The zero-order valence-corrected chi connectivity index (χ0v) is 12.8. The van der Waals surface area contributed by atoms with Crippen LogP contribution in [0.3, 0.4) is 0 Å². The van der Waals surface area contributed by atoms with Gasteiger partial charge in [0, 0.05) is 18.7 Å². The van der Waals surface area contributed by atoms with E-state index in [0.717, 1.165) is 13.0 Å². The molecule has 0 radical (unpaired) electrons. The molecule has 0 amide bonds. The SMILES string of the molecule is CCCNc1ccc([N+](=O)[O-])c(NC(C)C2CCCC2)n1. The Morgan fingerprint density at radius 2 is 2.14 bits per heavy atom. The highest BCUT2D eigenvalue weighted by molar-refractivity contribution is 5.60. The second-order valence-corrected chi connectivity index (χ2v) is 5.73. The lowest BCUT2D eigenvalue weighted by molar-refractivity contribution is -0.384. The van der Waals surface area contributed by atoms with Crippen molar-refractivity contribution in [2.45, 2.75) is 52.0 Å². The van der Waals surface area contributed by atoms with Crippen molar-refractivity contribution in [3.63, 3.8) is 0 Å². The highest BCUT2D eigenvalue weighted by Gasteiger charge is 2.24. The van der Waals surface area contributed by atoms with Crippen molar-refractivity contribution >= 4 is 17.3 Å². The van der Waals surface area contributed by atoms with Crippen LogP contribution in [-0.4, -0.2) is 22.5 Å². The largest absolute Gasteiger partial charge is 0.370 e. The van der Waals surface area contributed by atoms with Crippen molar-refractivity contribution in [3.05, 3.63) is 22.2 Å². The first kappa shape index (κ1) is 15.5. The van der Waals surface area contributed by atoms with Gasteiger partial charge in [0.25, 0.3) is 0 Å². The molecule has 1 atom stereocenters. The lowest BCUT2D eigenvalue weighted by Gasteiger charge is -2.21. The highest BCUT2D eigenvalue weighted by atomic mass is 16.6. The summed E-state index contributed by atoms with van der Waals surface area (Å²) in [7, 11) is 0. The predicted molar refractivity (Wildman–Crippen MR) is 84.7 cm³/mol. The molecule has 2 N–H and O–H groups in total. The van der Waals surface area contributed by atoms with Gasteiger partial charge in [0.05, 0.1) is 4.92 Å². The first-order valence-electron chi connectivity index (χ1n) is 7.77. The van der Waals surface area contributed by atoms with E-state index in [9.17, 15) is 10.1 Å². The van der Waals surface area contributed by atoms with Gasteiger partial charge in [-0.1, -0.05) is 19.8 Å². The van der Waals surface area contributed by atoms with Crippen LogP contribution in [0.1, 0.15) is 46.0 Å². The van der Waals surface area contributed by atoms with E-state index in [1.807, 2.05) is 0 Å². The summed E-state index contributed by atoms with van der Waals surface area (Å²) in [6.07, 6.45) is 5.87. The van der Waals surface area contributed by atoms with Gasteiger partial charge in [0.1, 0.15) is 5.82 Å². The molecule has 1 aromatic rings. The molecule has 1 aliphatic rings. The van der Waals surface area contributed by atoms with E-state index in [4.69, 9.17) is 0 Å². The van der Waals surface area contributed by atoms with Gasteiger partial charge in [0.2, 0.25) is 5.82 Å². The minimum Gasteiger partial charge on any atom is -0.370 e. The number of nitrogens with zero attached hydrogens (tertiary/aromatic N) is 2. The van der Waals surface area contributed by atoms with Gasteiger partial charge in [-0.15, -0.1) is 0 Å². The summed E-state index contributed by atoms with van der Waals surface area (Å²) in [5.74, 6) is 1.64. The number of rotatable bonds is 7. The molecule has 1 aliphatic carbocycles. The molecule has 1 fully saturated rings. The van der Waals surface area contributed by atoms with Crippen LogP contribution in [-0.2, 0) is 0 Å². The van der Waals surface area contributed by atoms with Crippen LogP contribution in [0.4, 0.5) is 17.3 Å². The fourth-order valence-corrected chi connectivity index (χ4v) is 2.85. The summed E-state index contributed by atoms with van der Waals surface area (Å²) in [5, 5.41) is 17.6. The minimum atomic E-state index is -0.375. The Hall–Kier alpha value is -1.85. The van der Waals surface area contributed by atoms with E-state index in [1.165, 1.54) is 31.7 Å². The molecule has 1 heterocycles. The van der Waals surface area contributed by atoms with Crippen molar-refractivity contribution in [1.29, 1.82) is 0 Å². The molecule has 0 saturated heterocycles. The van der Waals surface area contributed by atoms with Crippen molar-refractivity contribution in [2.24, 2.45) is 5.92 Å². The normalized spacial score (nSPS) is 16.7. The second-order valence-electron chi connectivity index (χ2n) is 5.73. The van der Waals surface area contributed by atoms with Crippen molar-refractivity contribution in [3.8, 4) is 0 Å². The number of anilines is 2. The molecule has 6 nitrogen and oxygen atoms in total. The fraction of sp³-hybridized carbons (Fsp3) is 0.667. The van der Waals surface area contributed by atoms with E-state index in [-0.39, 0.29) is 16.7 Å². The van der Waals surface area contributed by atoms with Crippen LogP contribution < -0.4 is 10.6 Å². The Kier molecular flexibility index (Phi) is 5.36. The monoisotopic (exact) mass is 292 g/mol. The molecule has 21 heavy (non-hydrogen) atoms. The van der Waals surface area contributed by atoms with Gasteiger partial charge in [0.15, 0.2) is 0 Å². The molecule has 6 heteroatoms. The molecule has 1 unspecified atom stereocenters. The Labute approximate surface area is 125 Å². The third-order valence-electron chi connectivity index (χ3n) is 4.10. The zero-order chi connectivity index (χ0) is 15.2. The molecule has 116 valence electrons. The molecule has 0 spiro atoms. The smallest absolute Gasteiger partial charge is 0.311 e. The number of aromatic nitrogens is 1. The van der Waals surface area contributed by atoms with Crippen LogP contribution >= 0.6 is 0 Å². The molecule has 2 rings (SSSR count). The Bertz CT molecular complexity index is 487. The minimum absolute atomic E-state index is 0.0434. The summed E-state index contributed by atoms with van der Waals surface area (Å²) in [6.45, 7) is 4.97. The standard InChI is InChI=1S/C15H24N4O2/c1-3-10-16-14-9-8-13(19(20)21)15(18-14)17-11(2)12-6-4-5-7-12/h8-9,11-12H,3-7,10H2,1-2H3,(H2,16,17,18). The van der Waals surface area contributed by atoms with Gasteiger partial charge in [-0.2, -0.15) is 0 Å². The van der Waals surface area contributed by atoms with Crippen molar-refractivity contribution < 1.29 is 4.92 Å². The third kappa shape index (κ3) is 4.06. The summed E-state index contributed by atoms with van der Waals surface area (Å²) in [6, 6.07) is 3.40. The summed E-state index contributed by atoms with van der Waals surface area (Å²) >= 11 is 0. The topological polar surface area (TPSA) is 80.1 Å². The average molecular weight is 292 g/mol. The van der Waals surface area contributed by atoms with Crippen LogP contribution in [0.5, 0.6) is 0 Å². The van der Waals surface area contributed by atoms with Crippen molar-refractivity contribution in [1.82, 2.24) is 4.98 Å². The van der Waals surface area contributed by atoms with E-state index in [0.29, 0.717) is 17.6 Å². The quantitative estimate of drug-likeness (QED) is 0.590. The Balaban J connectivity index is 2.14. The van der Waals surface area contributed by atoms with Gasteiger partial charge in [-0.25, -0.2) is 4.98 Å². The van der Waals surface area contributed by atoms with E-state index in [1.54, 1.807) is 6.07 Å². The maximum absolute atomic E-state index is 11.2. The Morgan fingerprint density at radius 3 is 2.76 bits per heavy atom. The second kappa shape index (κ2) is 7.24. The summed E-state index contributed by atoms with van der Waals surface area (Å²) in [4.78, 5) is 15.2. The Morgan fingerprint density at radius 1 is 1.43 bits per heavy atom. The highest BCUT2D eigenvalue weighted by Crippen LogP contribution is 2.31. The van der Waals surface area contributed by atoms with E-state index in [2.05, 4.69) is 29.5 Å². The first-order chi connectivity index (χ1) is 10.1. The summed E-state index contributed by atoms with van der Waals surface area (Å²) < 4.78 is 0. The molecule has 1 aromatic heterocycles. The third-order valence-corrected chi connectivity index (χ3v) is 4.10. The predicted octanol–water partition coefficient (Wildman–Crippen LogP) is 3.80. The van der Waals surface area contributed by atoms with Crippen LogP contribution in [0.15, 0.2) is 12.1 Å². The molecular weight excluding hydrogens is 268 g/mol. The maximum Gasteiger partial charge on any atom is 0.311 e. The first-order valence-corrected chi connectivity index (χ1v) is 7.77. The fourth-order valence-electron chi connectivity index (χ4n) is 2.85. The number of hydrogen-bond acceptors (Lipinski definition) is 5. The molecule has 0 aliphatic heterocycles. The number of pyridine rings is 1. The van der Waals surface area contributed by atoms with Crippen LogP contribution in [0.25, 0.3) is 0 Å². The van der Waals surface area contributed by atoms with Crippen LogP contribution in [0.2, 0.25) is 0 Å². The molecular formula is C15H24N4O2. The van der Waals surface area contributed by atoms with Crippen molar-refractivity contribution in [2.75, 3.05) is 17.2 Å². The lowest BCUT2D eigenvalue weighted by Crippen LogP contribution is -2.25. The van der Waals surface area contributed by atoms with Gasteiger partial charge >= 0.3 is 5.69 Å². The number of nitrogens with one attached hydrogen (secondary N) is 2. The lowest BCUT2D eigenvalue weighted by atomic mass is 10.00. The summed E-state index contributed by atoms with van der Waals surface area (Å²) in [5.41, 5.74) is 0.0434. The van der Waals surface area contributed by atoms with Gasteiger partial charge in [-0.05, 0) is 38.2 Å². The maximum atomic E-state index is 11.2. The number of hydrogen-bond donors (Lipinski definition) is 2. The van der Waals surface area contributed by atoms with Gasteiger partial charge in [-0.3, -0.25) is 10.1 Å². The van der Waals surface area contributed by atoms with E-state index >= 15 is 0 Å². The van der Waals surface area contributed by atoms with Crippen LogP contribution in [0, 0.1) is 16.0 Å². The molecule has 0 aromatic carbocycles. The molecule has 0 bridgehead atoms. The van der Waals surface area contributed by atoms with E-state index < -0.39 is 0 Å². The zero-order valence-electron chi connectivity index (χ0n) is 12.8. The average Bonchev–Trinajstić information content (AvgIpc) is 2.99. The van der Waals surface area contributed by atoms with Gasteiger partial charge < -0.3 is 10.6 Å². The molecule has 1 saturated carbocycles.